The van der Waals surface area contributed by atoms with E-state index >= 15 is 0 Å². The van der Waals surface area contributed by atoms with E-state index in [0.29, 0.717) is 16.9 Å². The van der Waals surface area contributed by atoms with E-state index in [1.807, 2.05) is 18.2 Å². The predicted molar refractivity (Wildman–Crippen MR) is 100 cm³/mol. The van der Waals surface area contributed by atoms with Gasteiger partial charge in [0.1, 0.15) is 11.4 Å². The number of pyridine rings is 1. The number of carbonyl (C=O) groups excluding carboxylic acids is 1. The van der Waals surface area contributed by atoms with Crippen LogP contribution in [0, 0.1) is 5.82 Å². The standard InChI is InChI=1S/C18H13BrClFN2O2/c1-2-25-18(24)13-9-22-16-6-3-10(19)7-12(16)17(13)23-11-4-5-15(21)14(20)8-11/h3-9H,2H2,1H3,(H,22,23). The number of nitrogens with one attached hydrogen (secondary N) is 1. The molecule has 0 aliphatic heterocycles. The minimum atomic E-state index is -0.514. The van der Waals surface area contributed by atoms with Crippen molar-refractivity contribution < 1.29 is 13.9 Å². The Morgan fingerprint density at radius 3 is 2.84 bits per heavy atom. The summed E-state index contributed by atoms with van der Waals surface area (Å²) < 4.78 is 19.3. The van der Waals surface area contributed by atoms with Gasteiger partial charge in [0.25, 0.3) is 0 Å². The van der Waals surface area contributed by atoms with Gasteiger partial charge in [-0.3, -0.25) is 4.98 Å². The summed E-state index contributed by atoms with van der Waals surface area (Å²) in [6, 6.07) is 9.79. The Bertz CT molecular complexity index is 965. The number of rotatable bonds is 4. The van der Waals surface area contributed by atoms with Gasteiger partial charge in [-0.25, -0.2) is 9.18 Å². The molecular weight excluding hydrogens is 411 g/mol. The van der Waals surface area contributed by atoms with Crippen LogP contribution in [-0.2, 0) is 4.74 Å². The molecule has 0 aliphatic carbocycles. The number of ether oxygens (including phenoxy) is 1. The summed E-state index contributed by atoms with van der Waals surface area (Å²) in [6.07, 6.45) is 1.46. The lowest BCUT2D eigenvalue weighted by Gasteiger charge is -2.14. The number of hydrogen-bond acceptors (Lipinski definition) is 4. The van der Waals surface area contributed by atoms with Gasteiger partial charge in [-0.15, -0.1) is 0 Å². The molecule has 1 N–H and O–H groups in total. The van der Waals surface area contributed by atoms with Crippen molar-refractivity contribution in [1.82, 2.24) is 4.98 Å². The number of halogens is 3. The lowest BCUT2D eigenvalue weighted by atomic mass is 10.1. The highest BCUT2D eigenvalue weighted by Crippen LogP contribution is 2.32. The Balaban J connectivity index is 2.17. The van der Waals surface area contributed by atoms with Gasteiger partial charge >= 0.3 is 5.97 Å². The lowest BCUT2D eigenvalue weighted by Crippen LogP contribution is -2.09. The minimum Gasteiger partial charge on any atom is -0.462 e. The SMILES string of the molecule is CCOC(=O)c1cnc2ccc(Br)cc2c1Nc1ccc(F)c(Cl)c1. The molecule has 7 heteroatoms. The fraction of sp³-hybridized carbons (Fsp3) is 0.111. The van der Waals surface area contributed by atoms with E-state index in [1.54, 1.807) is 13.0 Å². The summed E-state index contributed by atoms with van der Waals surface area (Å²) in [4.78, 5) is 16.6. The molecule has 25 heavy (non-hydrogen) atoms. The smallest absolute Gasteiger partial charge is 0.341 e. The van der Waals surface area contributed by atoms with E-state index in [4.69, 9.17) is 16.3 Å². The second kappa shape index (κ2) is 7.37. The molecule has 0 aliphatic rings. The number of carbonyl (C=O) groups is 1. The van der Waals surface area contributed by atoms with E-state index in [2.05, 4.69) is 26.2 Å². The number of benzene rings is 2. The average molecular weight is 424 g/mol. The summed E-state index contributed by atoms with van der Waals surface area (Å²) in [7, 11) is 0. The maximum atomic E-state index is 13.4. The van der Waals surface area contributed by atoms with Gasteiger partial charge in [-0.1, -0.05) is 27.5 Å². The van der Waals surface area contributed by atoms with Gasteiger partial charge in [0.2, 0.25) is 0 Å². The normalized spacial score (nSPS) is 10.7. The van der Waals surface area contributed by atoms with E-state index in [1.165, 1.54) is 18.3 Å². The largest absolute Gasteiger partial charge is 0.462 e. The number of fused-ring (bicyclic) bond motifs is 1. The highest BCUT2D eigenvalue weighted by Gasteiger charge is 2.17. The van der Waals surface area contributed by atoms with Gasteiger partial charge in [-0.2, -0.15) is 0 Å². The van der Waals surface area contributed by atoms with Gasteiger partial charge < -0.3 is 10.1 Å². The zero-order valence-electron chi connectivity index (χ0n) is 13.1. The van der Waals surface area contributed by atoms with Crippen molar-refractivity contribution in [3.63, 3.8) is 0 Å². The van der Waals surface area contributed by atoms with E-state index < -0.39 is 11.8 Å². The topological polar surface area (TPSA) is 51.2 Å². The van der Waals surface area contributed by atoms with Crippen LogP contribution >= 0.6 is 27.5 Å². The number of aromatic nitrogens is 1. The second-order valence-corrected chi connectivity index (χ2v) is 6.51. The Labute approximate surface area is 157 Å². The Kier molecular flexibility index (Phi) is 5.20. The summed E-state index contributed by atoms with van der Waals surface area (Å²) in [5.41, 5.74) is 2.05. The summed E-state index contributed by atoms with van der Waals surface area (Å²) in [6.45, 7) is 1.98. The summed E-state index contributed by atoms with van der Waals surface area (Å²) in [5, 5.41) is 3.85. The van der Waals surface area contributed by atoms with Gasteiger partial charge in [0.15, 0.2) is 0 Å². The van der Waals surface area contributed by atoms with Crippen molar-refractivity contribution in [2.75, 3.05) is 11.9 Å². The fourth-order valence-electron chi connectivity index (χ4n) is 2.38. The van der Waals surface area contributed by atoms with Crippen molar-refractivity contribution in [1.29, 1.82) is 0 Å². The molecule has 3 aromatic rings. The molecule has 0 radical (unpaired) electrons. The van der Waals surface area contributed by atoms with Crippen molar-refractivity contribution >= 4 is 55.8 Å². The van der Waals surface area contributed by atoms with Crippen LogP contribution < -0.4 is 5.32 Å². The van der Waals surface area contributed by atoms with E-state index in [-0.39, 0.29) is 17.2 Å². The number of anilines is 2. The summed E-state index contributed by atoms with van der Waals surface area (Å²) in [5.74, 6) is -1.01. The Hall–Kier alpha value is -2.18. The third kappa shape index (κ3) is 3.75. The number of hydrogen-bond donors (Lipinski definition) is 1. The number of esters is 1. The van der Waals surface area contributed by atoms with Gasteiger partial charge in [0.05, 0.1) is 22.8 Å². The van der Waals surface area contributed by atoms with Crippen molar-refractivity contribution in [3.8, 4) is 0 Å². The predicted octanol–water partition coefficient (Wildman–Crippen LogP) is 5.71. The fourth-order valence-corrected chi connectivity index (χ4v) is 2.92. The van der Waals surface area contributed by atoms with Crippen LogP contribution in [0.4, 0.5) is 15.8 Å². The first kappa shape index (κ1) is 17.6. The Morgan fingerprint density at radius 1 is 1.32 bits per heavy atom. The summed E-state index contributed by atoms with van der Waals surface area (Å²) >= 11 is 9.27. The van der Waals surface area contributed by atoms with Crippen LogP contribution in [0.2, 0.25) is 5.02 Å². The van der Waals surface area contributed by atoms with Crippen molar-refractivity contribution in [2.45, 2.75) is 6.92 Å². The minimum absolute atomic E-state index is 0.0118. The molecule has 0 atom stereocenters. The molecule has 0 unspecified atom stereocenters. The second-order valence-electron chi connectivity index (χ2n) is 5.18. The first-order valence-electron chi connectivity index (χ1n) is 7.47. The molecule has 1 heterocycles. The molecule has 0 spiro atoms. The maximum Gasteiger partial charge on any atom is 0.341 e. The molecule has 0 bridgehead atoms. The zero-order chi connectivity index (χ0) is 18.0. The highest BCUT2D eigenvalue weighted by atomic mass is 79.9. The third-order valence-electron chi connectivity index (χ3n) is 3.51. The van der Waals surface area contributed by atoms with Crippen LogP contribution in [-0.4, -0.2) is 17.6 Å². The zero-order valence-corrected chi connectivity index (χ0v) is 15.5. The van der Waals surface area contributed by atoms with Crippen LogP contribution in [0.25, 0.3) is 10.9 Å². The lowest BCUT2D eigenvalue weighted by molar-refractivity contribution is 0.0527. The maximum absolute atomic E-state index is 13.4. The van der Waals surface area contributed by atoms with Crippen LogP contribution in [0.5, 0.6) is 0 Å². The molecular formula is C18H13BrClFN2O2. The van der Waals surface area contributed by atoms with Crippen molar-refractivity contribution in [2.24, 2.45) is 0 Å². The van der Waals surface area contributed by atoms with Crippen LogP contribution in [0.15, 0.2) is 47.1 Å². The van der Waals surface area contributed by atoms with Gasteiger partial charge in [0, 0.05) is 21.7 Å². The molecule has 2 aromatic carbocycles. The molecule has 4 nitrogen and oxygen atoms in total. The van der Waals surface area contributed by atoms with E-state index in [0.717, 1.165) is 9.86 Å². The van der Waals surface area contributed by atoms with Crippen molar-refractivity contribution in [3.05, 3.63) is 63.5 Å². The third-order valence-corrected chi connectivity index (χ3v) is 4.30. The molecule has 0 amide bonds. The quantitative estimate of drug-likeness (QED) is 0.546. The van der Waals surface area contributed by atoms with Gasteiger partial charge in [-0.05, 0) is 43.3 Å². The highest BCUT2D eigenvalue weighted by molar-refractivity contribution is 9.10. The molecule has 128 valence electrons. The van der Waals surface area contributed by atoms with Crippen LogP contribution in [0.1, 0.15) is 17.3 Å². The molecule has 1 aromatic heterocycles. The monoisotopic (exact) mass is 422 g/mol. The molecule has 0 saturated heterocycles. The average Bonchev–Trinajstić information content (AvgIpc) is 2.58. The Morgan fingerprint density at radius 2 is 2.12 bits per heavy atom. The first-order chi connectivity index (χ1) is 12.0. The van der Waals surface area contributed by atoms with Crippen LogP contribution in [0.3, 0.4) is 0 Å². The molecule has 0 fully saturated rings. The molecule has 0 saturated carbocycles. The van der Waals surface area contributed by atoms with E-state index in [9.17, 15) is 9.18 Å². The number of nitrogens with zero attached hydrogens (tertiary/aromatic N) is 1. The first-order valence-corrected chi connectivity index (χ1v) is 8.64. The molecule has 3 rings (SSSR count).